The van der Waals surface area contributed by atoms with Crippen molar-refractivity contribution in [3.63, 3.8) is 0 Å². The second-order valence-electron chi connectivity index (χ2n) is 7.20. The third-order valence-electron chi connectivity index (χ3n) is 4.98. The molecule has 6 heteroatoms. The molecule has 1 heterocycles. The zero-order valence-electron chi connectivity index (χ0n) is 17.8. The van der Waals surface area contributed by atoms with Crippen molar-refractivity contribution in [2.24, 2.45) is 4.99 Å². The van der Waals surface area contributed by atoms with Crippen molar-refractivity contribution < 1.29 is 4.79 Å². The summed E-state index contributed by atoms with van der Waals surface area (Å²) in [5.41, 5.74) is 4.23. The summed E-state index contributed by atoms with van der Waals surface area (Å²) in [7, 11) is 1.65. The summed E-state index contributed by atoms with van der Waals surface area (Å²) in [6.45, 7) is 6.16. The van der Waals surface area contributed by atoms with Crippen molar-refractivity contribution in [3.05, 3.63) is 77.4 Å². The highest BCUT2D eigenvalue weighted by Gasteiger charge is 2.08. The minimum Gasteiger partial charge on any atom is -0.364 e. The number of carbonyl (C=O) groups is 1. The molecule has 30 heavy (non-hydrogen) atoms. The number of rotatable bonds is 8. The Morgan fingerprint density at radius 1 is 1.03 bits per heavy atom. The molecule has 0 fully saturated rings. The molecule has 3 N–H and O–H groups in total. The number of hydrogen-bond donors (Lipinski definition) is 3. The molecule has 0 saturated heterocycles. The van der Waals surface area contributed by atoms with E-state index >= 15 is 0 Å². The number of anilines is 1. The molecular formula is C24H31N5O. The maximum atomic E-state index is 11.8. The van der Waals surface area contributed by atoms with E-state index in [1.165, 1.54) is 11.3 Å². The van der Waals surface area contributed by atoms with Gasteiger partial charge >= 0.3 is 0 Å². The smallest absolute Gasteiger partial charge is 0.251 e. The number of carbonyl (C=O) groups excluding carboxylic acids is 1. The van der Waals surface area contributed by atoms with Crippen LogP contribution in [0.5, 0.6) is 0 Å². The van der Waals surface area contributed by atoms with Crippen LogP contribution in [0.2, 0.25) is 0 Å². The van der Waals surface area contributed by atoms with Gasteiger partial charge in [0, 0.05) is 44.5 Å². The molecular weight excluding hydrogens is 374 g/mol. The van der Waals surface area contributed by atoms with Gasteiger partial charge in [-0.15, -0.1) is 0 Å². The zero-order valence-corrected chi connectivity index (χ0v) is 17.8. The quantitative estimate of drug-likeness (QED) is 0.359. The van der Waals surface area contributed by atoms with Gasteiger partial charge in [-0.1, -0.05) is 36.4 Å². The highest BCUT2D eigenvalue weighted by atomic mass is 16.1. The third kappa shape index (κ3) is 6.11. The van der Waals surface area contributed by atoms with Crippen LogP contribution in [0.4, 0.5) is 5.69 Å². The molecule has 0 aromatic heterocycles. The van der Waals surface area contributed by atoms with Crippen molar-refractivity contribution in [1.82, 2.24) is 16.0 Å². The number of aliphatic imine (C=N–C) groups is 1. The predicted molar refractivity (Wildman–Crippen MR) is 124 cm³/mol. The first kappa shape index (κ1) is 21.4. The summed E-state index contributed by atoms with van der Waals surface area (Å²) in [6, 6.07) is 16.3. The number of guanidine groups is 1. The van der Waals surface area contributed by atoms with Crippen LogP contribution in [-0.4, -0.2) is 45.1 Å². The molecule has 158 valence electrons. The van der Waals surface area contributed by atoms with E-state index in [2.05, 4.69) is 64.2 Å². The lowest BCUT2D eigenvalue weighted by Gasteiger charge is -2.18. The number of hydrogen-bond acceptors (Lipinski definition) is 3. The fourth-order valence-electron chi connectivity index (χ4n) is 3.39. The van der Waals surface area contributed by atoms with E-state index < -0.39 is 0 Å². The maximum Gasteiger partial charge on any atom is 0.251 e. The SMILES string of the molecule is CCNC(=NCc1cccc(N2CC=CC2)c1)NCCc1cccc(C(=O)NC)c1. The molecule has 0 unspecified atom stereocenters. The van der Waals surface area contributed by atoms with Crippen LogP contribution in [-0.2, 0) is 13.0 Å². The highest BCUT2D eigenvalue weighted by Crippen LogP contribution is 2.18. The molecule has 6 nitrogen and oxygen atoms in total. The van der Waals surface area contributed by atoms with E-state index in [0.717, 1.165) is 44.1 Å². The molecule has 3 rings (SSSR count). The predicted octanol–water partition coefficient (Wildman–Crippen LogP) is 2.72. The third-order valence-corrected chi connectivity index (χ3v) is 4.98. The fourth-order valence-corrected chi connectivity index (χ4v) is 3.39. The first-order valence-electron chi connectivity index (χ1n) is 10.5. The Labute approximate surface area is 179 Å². The zero-order chi connectivity index (χ0) is 21.2. The molecule has 0 bridgehead atoms. The standard InChI is InChI=1S/C24H31N5O/c1-3-26-24(27-13-12-19-8-6-10-21(16-19)23(30)25-2)28-18-20-9-7-11-22(17-20)29-14-4-5-15-29/h4-11,16-17H,3,12-15,18H2,1-2H3,(H,25,30)(H2,26,27,28). The summed E-state index contributed by atoms with van der Waals surface area (Å²) < 4.78 is 0. The van der Waals surface area contributed by atoms with Crippen molar-refractivity contribution in [3.8, 4) is 0 Å². The van der Waals surface area contributed by atoms with Crippen LogP contribution in [0.3, 0.4) is 0 Å². The Hall–Kier alpha value is -3.28. The lowest BCUT2D eigenvalue weighted by Crippen LogP contribution is -2.38. The van der Waals surface area contributed by atoms with Crippen LogP contribution >= 0.6 is 0 Å². The van der Waals surface area contributed by atoms with Gasteiger partial charge in [-0.05, 0) is 48.7 Å². The largest absolute Gasteiger partial charge is 0.364 e. The van der Waals surface area contributed by atoms with Crippen molar-refractivity contribution >= 4 is 17.6 Å². The monoisotopic (exact) mass is 405 g/mol. The molecule has 1 amide bonds. The average molecular weight is 406 g/mol. The summed E-state index contributed by atoms with van der Waals surface area (Å²) in [5, 5.41) is 9.36. The minimum atomic E-state index is -0.0633. The van der Waals surface area contributed by atoms with Crippen molar-refractivity contribution in [2.75, 3.05) is 38.1 Å². The maximum absolute atomic E-state index is 11.8. The molecule has 0 spiro atoms. The van der Waals surface area contributed by atoms with E-state index in [9.17, 15) is 4.79 Å². The second kappa shape index (κ2) is 11.0. The van der Waals surface area contributed by atoms with Crippen molar-refractivity contribution in [2.45, 2.75) is 19.9 Å². The van der Waals surface area contributed by atoms with Gasteiger partial charge in [-0.2, -0.15) is 0 Å². The molecule has 0 radical (unpaired) electrons. The Bertz CT molecular complexity index is 898. The van der Waals surface area contributed by atoms with Crippen LogP contribution in [0.15, 0.2) is 65.7 Å². The number of benzene rings is 2. The van der Waals surface area contributed by atoms with Gasteiger partial charge in [0.1, 0.15) is 0 Å². The molecule has 0 aliphatic carbocycles. The number of nitrogens with zero attached hydrogens (tertiary/aromatic N) is 2. The van der Waals surface area contributed by atoms with Crippen LogP contribution in [0.25, 0.3) is 0 Å². The molecule has 2 aromatic carbocycles. The number of amides is 1. The van der Waals surface area contributed by atoms with Gasteiger partial charge in [0.2, 0.25) is 0 Å². The molecule has 0 saturated carbocycles. The fraction of sp³-hybridized carbons (Fsp3) is 0.333. The van der Waals surface area contributed by atoms with E-state index in [1.807, 2.05) is 24.3 Å². The van der Waals surface area contributed by atoms with Gasteiger partial charge < -0.3 is 20.9 Å². The van der Waals surface area contributed by atoms with E-state index in [1.54, 1.807) is 7.05 Å². The average Bonchev–Trinajstić information content (AvgIpc) is 3.32. The molecule has 1 aliphatic heterocycles. The van der Waals surface area contributed by atoms with Gasteiger partial charge in [0.15, 0.2) is 5.96 Å². The molecule has 0 atom stereocenters. The summed E-state index contributed by atoms with van der Waals surface area (Å²) in [5.74, 6) is 0.736. The first-order chi connectivity index (χ1) is 14.7. The summed E-state index contributed by atoms with van der Waals surface area (Å²) in [4.78, 5) is 18.9. The van der Waals surface area contributed by atoms with Gasteiger partial charge in [-0.25, -0.2) is 4.99 Å². The lowest BCUT2D eigenvalue weighted by atomic mass is 10.1. The summed E-state index contributed by atoms with van der Waals surface area (Å²) >= 11 is 0. The second-order valence-corrected chi connectivity index (χ2v) is 7.20. The van der Waals surface area contributed by atoms with Gasteiger partial charge in [-0.3, -0.25) is 4.79 Å². The number of nitrogens with one attached hydrogen (secondary N) is 3. The molecule has 1 aliphatic rings. The van der Waals surface area contributed by atoms with Crippen LogP contribution in [0, 0.1) is 0 Å². The Morgan fingerprint density at radius 2 is 1.80 bits per heavy atom. The van der Waals surface area contributed by atoms with Gasteiger partial charge in [0.05, 0.1) is 6.54 Å². The van der Waals surface area contributed by atoms with Crippen LogP contribution in [0.1, 0.15) is 28.4 Å². The molecule has 2 aromatic rings. The first-order valence-corrected chi connectivity index (χ1v) is 10.5. The van der Waals surface area contributed by atoms with E-state index in [-0.39, 0.29) is 5.91 Å². The summed E-state index contributed by atoms with van der Waals surface area (Å²) in [6.07, 6.45) is 5.21. The Kier molecular flexibility index (Phi) is 7.89. The van der Waals surface area contributed by atoms with Crippen molar-refractivity contribution in [1.29, 1.82) is 0 Å². The lowest BCUT2D eigenvalue weighted by molar-refractivity contribution is 0.0963. The normalized spacial score (nSPS) is 13.4. The van der Waals surface area contributed by atoms with Gasteiger partial charge in [0.25, 0.3) is 5.91 Å². The highest BCUT2D eigenvalue weighted by molar-refractivity contribution is 5.94. The Balaban J connectivity index is 1.56. The Morgan fingerprint density at radius 3 is 2.57 bits per heavy atom. The van der Waals surface area contributed by atoms with Crippen LogP contribution < -0.4 is 20.9 Å². The topological polar surface area (TPSA) is 68.8 Å². The minimum absolute atomic E-state index is 0.0633. The van der Waals surface area contributed by atoms with E-state index in [4.69, 9.17) is 4.99 Å². The van der Waals surface area contributed by atoms with E-state index in [0.29, 0.717) is 12.1 Å².